The maximum Gasteiger partial charge on any atom is 0.253 e. The van der Waals surface area contributed by atoms with Crippen LogP contribution in [0.4, 0.5) is 0 Å². The summed E-state index contributed by atoms with van der Waals surface area (Å²) in [5.74, 6) is 0.108. The molecule has 0 heterocycles. The summed E-state index contributed by atoms with van der Waals surface area (Å²) in [6.45, 7) is 3.86. The summed E-state index contributed by atoms with van der Waals surface area (Å²) in [4.78, 5) is 12.0. The third-order valence-electron chi connectivity index (χ3n) is 2.67. The van der Waals surface area contributed by atoms with E-state index >= 15 is 0 Å². The Morgan fingerprint density at radius 1 is 1.41 bits per heavy atom. The zero-order valence-electron chi connectivity index (χ0n) is 9.69. The van der Waals surface area contributed by atoms with Crippen LogP contribution in [0.3, 0.4) is 0 Å². The first-order valence-electron chi connectivity index (χ1n) is 5.25. The predicted octanol–water partition coefficient (Wildman–Crippen LogP) is 4.13. The molecule has 1 rings (SSSR count). The van der Waals surface area contributed by atoms with Crippen molar-refractivity contribution < 1.29 is 4.79 Å². The highest BCUT2D eigenvalue weighted by Crippen LogP contribution is 2.22. The molecule has 0 aliphatic carbocycles. The smallest absolute Gasteiger partial charge is 0.253 e. The fourth-order valence-corrected chi connectivity index (χ4v) is 1.98. The van der Waals surface area contributed by atoms with Gasteiger partial charge in [-0.15, -0.1) is 11.6 Å². The van der Waals surface area contributed by atoms with Crippen molar-refractivity contribution in [3.63, 3.8) is 0 Å². The summed E-state index contributed by atoms with van der Waals surface area (Å²) in [5, 5.41) is 3.71. The lowest BCUT2D eigenvalue weighted by molar-refractivity contribution is 0.0912. The van der Waals surface area contributed by atoms with Crippen molar-refractivity contribution in [2.45, 2.75) is 25.8 Å². The van der Waals surface area contributed by atoms with E-state index in [1.807, 2.05) is 13.8 Å². The molecule has 0 fully saturated rings. The molecule has 1 N–H and O–H groups in total. The maximum atomic E-state index is 12.0. The minimum absolute atomic E-state index is 0.239. The van der Waals surface area contributed by atoms with Gasteiger partial charge in [0.1, 0.15) is 0 Å². The third kappa shape index (κ3) is 3.77. The van der Waals surface area contributed by atoms with Gasteiger partial charge in [-0.25, -0.2) is 0 Å². The van der Waals surface area contributed by atoms with E-state index in [1.54, 1.807) is 18.2 Å². The Kier molecular flexibility index (Phi) is 5.11. The van der Waals surface area contributed by atoms with E-state index in [0.29, 0.717) is 21.5 Å². The number of hydrogen-bond acceptors (Lipinski definition) is 1. The van der Waals surface area contributed by atoms with Crippen LogP contribution in [0.25, 0.3) is 0 Å². The van der Waals surface area contributed by atoms with Gasteiger partial charge in [-0.3, -0.25) is 4.79 Å². The van der Waals surface area contributed by atoms with Crippen LogP contribution in [0, 0.1) is 0 Å². The maximum absolute atomic E-state index is 12.0. The molecule has 17 heavy (non-hydrogen) atoms. The zero-order chi connectivity index (χ0) is 13.1. The quantitative estimate of drug-likeness (QED) is 0.831. The lowest BCUT2D eigenvalue weighted by atomic mass is 10.0. The van der Waals surface area contributed by atoms with Crippen LogP contribution in [0.1, 0.15) is 30.6 Å². The Morgan fingerprint density at radius 3 is 2.53 bits per heavy atom. The molecule has 0 radical (unpaired) electrons. The molecule has 0 saturated carbocycles. The Hall–Kier alpha value is -0.440. The molecule has 0 aliphatic heterocycles. The van der Waals surface area contributed by atoms with E-state index in [1.165, 1.54) is 0 Å². The number of amides is 1. The van der Waals surface area contributed by atoms with Crippen LogP contribution < -0.4 is 5.32 Å². The standard InChI is InChI=1S/C12H14Cl3NO/c1-3-12(2,7-13)16-11(17)9-5-4-8(14)6-10(9)15/h4-6H,3,7H2,1-2H3,(H,16,17). The van der Waals surface area contributed by atoms with Gasteiger partial charge in [-0.1, -0.05) is 30.1 Å². The summed E-state index contributed by atoms with van der Waals surface area (Å²) in [6, 6.07) is 4.78. The number of hydrogen-bond donors (Lipinski definition) is 1. The monoisotopic (exact) mass is 293 g/mol. The molecule has 94 valence electrons. The summed E-state index contributed by atoms with van der Waals surface area (Å²) < 4.78 is 0. The third-order valence-corrected chi connectivity index (χ3v) is 3.80. The first-order chi connectivity index (χ1) is 7.91. The summed E-state index contributed by atoms with van der Waals surface area (Å²) in [7, 11) is 0. The number of carbonyl (C=O) groups excluding carboxylic acids is 1. The Bertz CT molecular complexity index is 416. The second kappa shape index (κ2) is 5.94. The molecule has 2 nitrogen and oxygen atoms in total. The second-order valence-electron chi connectivity index (χ2n) is 4.13. The molecule has 5 heteroatoms. The van der Waals surface area contributed by atoms with Crippen molar-refractivity contribution in [1.29, 1.82) is 0 Å². The number of rotatable bonds is 4. The van der Waals surface area contributed by atoms with Crippen molar-refractivity contribution >= 4 is 40.7 Å². The molecule has 0 saturated heterocycles. The Morgan fingerprint density at radius 2 is 2.06 bits per heavy atom. The van der Waals surface area contributed by atoms with Crippen molar-refractivity contribution in [3.8, 4) is 0 Å². The summed E-state index contributed by atoms with van der Waals surface area (Å²) in [5.41, 5.74) is -0.0254. The SMILES string of the molecule is CCC(C)(CCl)NC(=O)c1ccc(Cl)cc1Cl. The van der Waals surface area contributed by atoms with Gasteiger partial charge < -0.3 is 5.32 Å². The van der Waals surface area contributed by atoms with E-state index in [9.17, 15) is 4.79 Å². The van der Waals surface area contributed by atoms with Crippen LogP contribution in [0.2, 0.25) is 10.0 Å². The molecule has 1 amide bonds. The van der Waals surface area contributed by atoms with Gasteiger partial charge in [0.15, 0.2) is 0 Å². The number of nitrogens with one attached hydrogen (secondary N) is 1. The normalized spacial score (nSPS) is 14.2. The fraction of sp³-hybridized carbons (Fsp3) is 0.417. The largest absolute Gasteiger partial charge is 0.346 e. The Balaban J connectivity index is 2.90. The van der Waals surface area contributed by atoms with Gasteiger partial charge in [0.05, 0.1) is 16.1 Å². The lowest BCUT2D eigenvalue weighted by Crippen LogP contribution is -2.47. The van der Waals surface area contributed by atoms with Crippen LogP contribution in [-0.4, -0.2) is 17.3 Å². The average molecular weight is 295 g/mol. The minimum Gasteiger partial charge on any atom is -0.346 e. The molecular weight excluding hydrogens is 280 g/mol. The molecule has 0 bridgehead atoms. The number of carbonyl (C=O) groups is 1. The van der Waals surface area contributed by atoms with Crippen molar-refractivity contribution in [1.82, 2.24) is 5.32 Å². The fourth-order valence-electron chi connectivity index (χ4n) is 1.23. The van der Waals surface area contributed by atoms with Crippen LogP contribution >= 0.6 is 34.8 Å². The van der Waals surface area contributed by atoms with Crippen molar-refractivity contribution in [2.24, 2.45) is 0 Å². The van der Waals surface area contributed by atoms with Gasteiger partial charge in [0, 0.05) is 10.9 Å². The number of halogens is 3. The topological polar surface area (TPSA) is 29.1 Å². The highest BCUT2D eigenvalue weighted by Gasteiger charge is 2.24. The molecule has 0 aliphatic rings. The van der Waals surface area contributed by atoms with Crippen LogP contribution in [0.15, 0.2) is 18.2 Å². The highest BCUT2D eigenvalue weighted by atomic mass is 35.5. The Labute approximate surface area is 116 Å². The van der Waals surface area contributed by atoms with Crippen molar-refractivity contribution in [2.75, 3.05) is 5.88 Å². The molecule has 1 unspecified atom stereocenters. The highest BCUT2D eigenvalue weighted by molar-refractivity contribution is 6.36. The lowest BCUT2D eigenvalue weighted by Gasteiger charge is -2.27. The van der Waals surface area contributed by atoms with Gasteiger partial charge in [0.25, 0.3) is 5.91 Å². The van der Waals surface area contributed by atoms with E-state index in [2.05, 4.69) is 5.32 Å². The first kappa shape index (κ1) is 14.6. The van der Waals surface area contributed by atoms with Gasteiger partial charge in [-0.05, 0) is 31.5 Å². The van der Waals surface area contributed by atoms with Gasteiger partial charge in [-0.2, -0.15) is 0 Å². The molecule has 0 aromatic heterocycles. The minimum atomic E-state index is -0.429. The summed E-state index contributed by atoms with van der Waals surface area (Å²) in [6.07, 6.45) is 0.744. The van der Waals surface area contributed by atoms with Crippen LogP contribution in [-0.2, 0) is 0 Å². The molecule has 1 aromatic carbocycles. The number of benzene rings is 1. The predicted molar refractivity (Wildman–Crippen MR) is 73.3 cm³/mol. The van der Waals surface area contributed by atoms with Crippen LogP contribution in [0.5, 0.6) is 0 Å². The molecule has 1 atom stereocenters. The number of alkyl halides is 1. The first-order valence-corrected chi connectivity index (χ1v) is 6.54. The summed E-state index contributed by atoms with van der Waals surface area (Å²) >= 11 is 17.6. The van der Waals surface area contributed by atoms with E-state index < -0.39 is 5.54 Å². The van der Waals surface area contributed by atoms with E-state index in [4.69, 9.17) is 34.8 Å². The average Bonchev–Trinajstić information content (AvgIpc) is 2.28. The second-order valence-corrected chi connectivity index (χ2v) is 5.24. The van der Waals surface area contributed by atoms with Gasteiger partial charge >= 0.3 is 0 Å². The molecular formula is C12H14Cl3NO. The van der Waals surface area contributed by atoms with E-state index in [-0.39, 0.29) is 5.91 Å². The molecule has 0 spiro atoms. The van der Waals surface area contributed by atoms with Crippen molar-refractivity contribution in [3.05, 3.63) is 33.8 Å². The van der Waals surface area contributed by atoms with Gasteiger partial charge in [0.2, 0.25) is 0 Å². The molecule has 1 aromatic rings. The van der Waals surface area contributed by atoms with E-state index in [0.717, 1.165) is 6.42 Å². The zero-order valence-corrected chi connectivity index (χ0v) is 12.0.